The molecule has 1 saturated carbocycles. The molecule has 0 spiro atoms. The SMILES string of the molecule is Fc1cc(C2OCCCC2CNC2CC2)cc(F)c1F. The minimum absolute atomic E-state index is 0.175. The van der Waals surface area contributed by atoms with Crippen molar-refractivity contribution in [1.29, 1.82) is 0 Å². The van der Waals surface area contributed by atoms with Crippen LogP contribution < -0.4 is 5.32 Å². The van der Waals surface area contributed by atoms with E-state index in [0.717, 1.165) is 31.5 Å². The molecule has 1 saturated heterocycles. The van der Waals surface area contributed by atoms with Crippen LogP contribution >= 0.6 is 0 Å². The molecule has 2 nitrogen and oxygen atoms in total. The van der Waals surface area contributed by atoms with Gasteiger partial charge in [-0.1, -0.05) is 0 Å². The smallest absolute Gasteiger partial charge is 0.194 e. The Morgan fingerprint density at radius 3 is 2.45 bits per heavy atom. The number of hydrogen-bond acceptors (Lipinski definition) is 2. The van der Waals surface area contributed by atoms with Crippen molar-refractivity contribution in [1.82, 2.24) is 5.32 Å². The molecule has 0 aromatic heterocycles. The van der Waals surface area contributed by atoms with E-state index < -0.39 is 17.5 Å². The average molecular weight is 285 g/mol. The summed E-state index contributed by atoms with van der Waals surface area (Å²) in [4.78, 5) is 0. The second kappa shape index (κ2) is 5.74. The van der Waals surface area contributed by atoms with Crippen molar-refractivity contribution in [2.45, 2.75) is 37.8 Å². The molecule has 5 heteroatoms. The lowest BCUT2D eigenvalue weighted by Gasteiger charge is -2.32. The summed E-state index contributed by atoms with van der Waals surface area (Å²) in [5.74, 6) is -3.54. The summed E-state index contributed by atoms with van der Waals surface area (Å²) < 4.78 is 45.4. The summed E-state index contributed by atoms with van der Waals surface area (Å²) in [6.07, 6.45) is 3.92. The Morgan fingerprint density at radius 1 is 1.10 bits per heavy atom. The van der Waals surface area contributed by atoms with Crippen molar-refractivity contribution in [3.63, 3.8) is 0 Å². The van der Waals surface area contributed by atoms with Crippen LogP contribution in [0.4, 0.5) is 13.2 Å². The van der Waals surface area contributed by atoms with E-state index in [-0.39, 0.29) is 12.0 Å². The van der Waals surface area contributed by atoms with Gasteiger partial charge < -0.3 is 10.1 Å². The van der Waals surface area contributed by atoms with Crippen LogP contribution in [-0.4, -0.2) is 19.2 Å². The maximum atomic E-state index is 13.4. The summed E-state index contributed by atoms with van der Waals surface area (Å²) in [5, 5.41) is 3.43. The first-order chi connectivity index (χ1) is 9.65. The molecule has 2 aliphatic rings. The van der Waals surface area contributed by atoms with E-state index in [1.165, 1.54) is 12.8 Å². The minimum atomic E-state index is -1.42. The molecule has 0 radical (unpaired) electrons. The van der Waals surface area contributed by atoms with Crippen LogP contribution in [0.3, 0.4) is 0 Å². The number of hydrogen-bond donors (Lipinski definition) is 1. The lowest BCUT2D eigenvalue weighted by molar-refractivity contribution is -0.0282. The lowest BCUT2D eigenvalue weighted by Crippen LogP contribution is -2.33. The normalized spacial score (nSPS) is 26.8. The quantitative estimate of drug-likeness (QED) is 0.857. The Morgan fingerprint density at radius 2 is 1.80 bits per heavy atom. The van der Waals surface area contributed by atoms with Crippen molar-refractivity contribution in [2.24, 2.45) is 5.92 Å². The number of ether oxygens (including phenoxy) is 1. The third-order valence-electron chi connectivity index (χ3n) is 4.03. The highest BCUT2D eigenvalue weighted by molar-refractivity contribution is 5.22. The molecular formula is C15H18F3NO. The zero-order chi connectivity index (χ0) is 14.1. The molecule has 2 fully saturated rings. The maximum absolute atomic E-state index is 13.4. The third-order valence-corrected chi connectivity index (χ3v) is 4.03. The predicted octanol–water partition coefficient (Wildman–Crippen LogP) is 3.32. The highest BCUT2D eigenvalue weighted by atomic mass is 19.2. The summed E-state index contributed by atoms with van der Waals surface area (Å²) in [6.45, 7) is 1.35. The monoisotopic (exact) mass is 285 g/mol. The number of benzene rings is 1. The van der Waals surface area contributed by atoms with Gasteiger partial charge in [-0.25, -0.2) is 13.2 Å². The van der Waals surface area contributed by atoms with Crippen LogP contribution in [0.25, 0.3) is 0 Å². The standard InChI is InChI=1S/C15H18F3NO/c16-12-6-10(7-13(17)14(12)18)15-9(2-1-5-20-15)8-19-11-3-4-11/h6-7,9,11,15,19H,1-5,8H2. The van der Waals surface area contributed by atoms with Crippen molar-refractivity contribution in [3.8, 4) is 0 Å². The fourth-order valence-corrected chi connectivity index (χ4v) is 2.77. The largest absolute Gasteiger partial charge is 0.373 e. The van der Waals surface area contributed by atoms with Gasteiger partial charge in [0.25, 0.3) is 0 Å². The first-order valence-corrected chi connectivity index (χ1v) is 7.14. The van der Waals surface area contributed by atoms with Crippen LogP contribution in [0.15, 0.2) is 12.1 Å². The maximum Gasteiger partial charge on any atom is 0.194 e. The van der Waals surface area contributed by atoms with E-state index >= 15 is 0 Å². The molecule has 1 heterocycles. The van der Waals surface area contributed by atoms with Crippen LogP contribution in [0.1, 0.15) is 37.4 Å². The molecule has 3 rings (SSSR count). The lowest BCUT2D eigenvalue weighted by atomic mass is 9.89. The average Bonchev–Trinajstić information content (AvgIpc) is 3.26. The Labute approximate surface area is 116 Å². The van der Waals surface area contributed by atoms with E-state index in [4.69, 9.17) is 4.74 Å². The molecule has 1 N–H and O–H groups in total. The molecule has 20 heavy (non-hydrogen) atoms. The van der Waals surface area contributed by atoms with Gasteiger partial charge in [-0.3, -0.25) is 0 Å². The molecule has 1 aliphatic carbocycles. The van der Waals surface area contributed by atoms with Crippen LogP contribution in [-0.2, 0) is 4.74 Å². The van der Waals surface area contributed by atoms with Gasteiger partial charge in [0.2, 0.25) is 0 Å². The molecule has 2 atom stereocenters. The number of rotatable bonds is 4. The summed E-state index contributed by atoms with van der Waals surface area (Å²) in [5.41, 5.74) is 0.392. The van der Waals surface area contributed by atoms with Crippen LogP contribution in [0, 0.1) is 23.4 Å². The first kappa shape index (κ1) is 13.9. The van der Waals surface area contributed by atoms with Crippen molar-refractivity contribution >= 4 is 0 Å². The second-order valence-corrected chi connectivity index (χ2v) is 5.67. The van der Waals surface area contributed by atoms with Gasteiger partial charge in [-0.05, 0) is 43.4 Å². The van der Waals surface area contributed by atoms with Gasteiger partial charge in [0, 0.05) is 25.1 Å². The third kappa shape index (κ3) is 2.99. The Bertz CT molecular complexity index is 467. The van der Waals surface area contributed by atoms with Gasteiger partial charge in [0.05, 0.1) is 6.10 Å². The highest BCUT2D eigenvalue weighted by Gasteiger charge is 2.31. The van der Waals surface area contributed by atoms with Gasteiger partial charge in [0.15, 0.2) is 17.5 Å². The van der Waals surface area contributed by atoms with E-state index in [2.05, 4.69) is 5.32 Å². The number of nitrogens with one attached hydrogen (secondary N) is 1. The Hall–Kier alpha value is -1.07. The summed E-state index contributed by atoms with van der Waals surface area (Å²) >= 11 is 0. The van der Waals surface area contributed by atoms with E-state index in [0.29, 0.717) is 18.2 Å². The van der Waals surface area contributed by atoms with Gasteiger partial charge in [-0.2, -0.15) is 0 Å². The summed E-state index contributed by atoms with van der Waals surface area (Å²) in [6, 6.07) is 2.69. The van der Waals surface area contributed by atoms with E-state index in [1.807, 2.05) is 0 Å². The molecule has 2 unspecified atom stereocenters. The van der Waals surface area contributed by atoms with Crippen molar-refractivity contribution in [2.75, 3.05) is 13.2 Å². The molecule has 1 aliphatic heterocycles. The predicted molar refractivity (Wildman–Crippen MR) is 68.8 cm³/mol. The highest BCUT2D eigenvalue weighted by Crippen LogP contribution is 2.35. The van der Waals surface area contributed by atoms with E-state index in [1.54, 1.807) is 0 Å². The zero-order valence-electron chi connectivity index (χ0n) is 11.2. The molecule has 110 valence electrons. The van der Waals surface area contributed by atoms with Crippen molar-refractivity contribution < 1.29 is 17.9 Å². The van der Waals surface area contributed by atoms with Gasteiger partial charge in [-0.15, -0.1) is 0 Å². The Balaban J connectivity index is 1.77. The molecule has 1 aromatic carbocycles. The summed E-state index contributed by atoms with van der Waals surface area (Å²) in [7, 11) is 0. The number of halogens is 3. The Kier molecular flexibility index (Phi) is 3.98. The topological polar surface area (TPSA) is 21.3 Å². The fraction of sp³-hybridized carbons (Fsp3) is 0.600. The van der Waals surface area contributed by atoms with Crippen molar-refractivity contribution in [3.05, 3.63) is 35.1 Å². The zero-order valence-corrected chi connectivity index (χ0v) is 11.2. The van der Waals surface area contributed by atoms with Crippen LogP contribution in [0.5, 0.6) is 0 Å². The molecular weight excluding hydrogens is 267 g/mol. The molecule has 0 bridgehead atoms. The fourth-order valence-electron chi connectivity index (χ4n) is 2.77. The second-order valence-electron chi connectivity index (χ2n) is 5.67. The molecule has 1 aromatic rings. The first-order valence-electron chi connectivity index (χ1n) is 7.14. The minimum Gasteiger partial charge on any atom is -0.373 e. The van der Waals surface area contributed by atoms with E-state index in [9.17, 15) is 13.2 Å². The molecule has 0 amide bonds. The van der Waals surface area contributed by atoms with Gasteiger partial charge in [0.1, 0.15) is 0 Å². The van der Waals surface area contributed by atoms with Gasteiger partial charge >= 0.3 is 0 Å². The van der Waals surface area contributed by atoms with Crippen LogP contribution in [0.2, 0.25) is 0 Å².